The molecule has 0 aliphatic heterocycles. The number of halogens is 3. The number of nitrogens with zero attached hydrogens (tertiary/aromatic N) is 1. The number of hydrogen-bond donors (Lipinski definition) is 2. The van der Waals surface area contributed by atoms with Crippen LogP contribution in [0.15, 0.2) is 12.1 Å². The summed E-state index contributed by atoms with van der Waals surface area (Å²) in [6.45, 7) is 1.81. The topological polar surface area (TPSA) is 54.0 Å². The van der Waals surface area contributed by atoms with Crippen LogP contribution >= 0.6 is 0 Å². The Hall–Kier alpha value is -1.31. The van der Waals surface area contributed by atoms with Crippen molar-refractivity contribution in [2.75, 3.05) is 29.7 Å². The van der Waals surface area contributed by atoms with Gasteiger partial charge < -0.3 is 10.6 Å². The van der Waals surface area contributed by atoms with Gasteiger partial charge in [-0.3, -0.25) is 4.21 Å². The summed E-state index contributed by atoms with van der Waals surface area (Å²) in [7, 11) is 0.588. The number of rotatable bonds is 6. The van der Waals surface area contributed by atoms with Gasteiger partial charge in [0.1, 0.15) is 11.6 Å². The Kier molecular flexibility index (Phi) is 5.79. The zero-order chi connectivity index (χ0) is 15.3. The van der Waals surface area contributed by atoms with E-state index in [0.29, 0.717) is 12.2 Å². The second-order valence-corrected chi connectivity index (χ2v) is 6.04. The predicted octanol–water partition coefficient (Wildman–Crippen LogP) is 2.71. The highest BCUT2D eigenvalue weighted by molar-refractivity contribution is 7.84. The van der Waals surface area contributed by atoms with Crippen molar-refractivity contribution in [2.24, 2.45) is 0 Å². The van der Waals surface area contributed by atoms with Crippen molar-refractivity contribution in [3.05, 3.63) is 17.7 Å². The molecule has 0 amide bonds. The highest BCUT2D eigenvalue weighted by atomic mass is 32.2. The van der Waals surface area contributed by atoms with Crippen molar-refractivity contribution in [3.8, 4) is 0 Å². The Morgan fingerprint density at radius 1 is 1.35 bits per heavy atom. The van der Waals surface area contributed by atoms with Crippen LogP contribution in [0.25, 0.3) is 0 Å². The maximum Gasteiger partial charge on any atom is 0.416 e. The third-order valence-electron chi connectivity index (χ3n) is 2.64. The van der Waals surface area contributed by atoms with Crippen molar-refractivity contribution in [3.63, 3.8) is 0 Å². The standard InChI is InChI=1S/C12H18F3N3OS/c1-8(4-5-20(3)19)17-11-7-9(12(13,14)15)6-10(16-2)18-11/h6-8H,4-5H2,1-3H3,(H2,16,17,18). The van der Waals surface area contributed by atoms with E-state index in [0.717, 1.165) is 12.1 Å². The Morgan fingerprint density at radius 2 is 1.95 bits per heavy atom. The smallest absolute Gasteiger partial charge is 0.373 e. The number of nitrogens with one attached hydrogen (secondary N) is 2. The maximum atomic E-state index is 12.8. The minimum atomic E-state index is -4.42. The normalized spacial score (nSPS) is 14.7. The second-order valence-electron chi connectivity index (χ2n) is 4.49. The Morgan fingerprint density at radius 3 is 2.45 bits per heavy atom. The van der Waals surface area contributed by atoms with Gasteiger partial charge in [-0.15, -0.1) is 0 Å². The maximum absolute atomic E-state index is 12.8. The van der Waals surface area contributed by atoms with E-state index in [1.807, 2.05) is 6.92 Å². The lowest BCUT2D eigenvalue weighted by molar-refractivity contribution is -0.137. The van der Waals surface area contributed by atoms with E-state index in [9.17, 15) is 17.4 Å². The van der Waals surface area contributed by atoms with Crippen LogP contribution in [0.5, 0.6) is 0 Å². The Balaban J connectivity index is 2.86. The molecule has 114 valence electrons. The highest BCUT2D eigenvalue weighted by Crippen LogP contribution is 2.32. The third kappa shape index (κ3) is 5.36. The summed E-state index contributed by atoms with van der Waals surface area (Å²) >= 11 is 0. The van der Waals surface area contributed by atoms with Gasteiger partial charge in [-0.05, 0) is 25.5 Å². The van der Waals surface area contributed by atoms with Gasteiger partial charge in [0.2, 0.25) is 0 Å². The van der Waals surface area contributed by atoms with Gasteiger partial charge in [0.25, 0.3) is 0 Å². The molecular formula is C12H18F3N3OS. The fourth-order valence-corrected chi connectivity index (χ4v) is 2.25. The molecule has 1 aromatic heterocycles. The molecule has 0 saturated heterocycles. The fourth-order valence-electron chi connectivity index (χ4n) is 1.56. The molecule has 2 atom stereocenters. The quantitative estimate of drug-likeness (QED) is 0.848. The van der Waals surface area contributed by atoms with E-state index < -0.39 is 22.5 Å². The molecule has 0 aliphatic carbocycles. The molecule has 8 heteroatoms. The molecule has 0 spiro atoms. The molecule has 2 unspecified atom stereocenters. The number of alkyl halides is 3. The first-order valence-corrected chi connectivity index (χ1v) is 7.78. The zero-order valence-corrected chi connectivity index (χ0v) is 12.4. The molecule has 4 nitrogen and oxygen atoms in total. The van der Waals surface area contributed by atoms with Crippen LogP contribution in [-0.2, 0) is 17.0 Å². The minimum absolute atomic E-state index is 0.111. The lowest BCUT2D eigenvalue weighted by atomic mass is 10.2. The molecule has 1 rings (SSSR count). The highest BCUT2D eigenvalue weighted by Gasteiger charge is 2.31. The zero-order valence-electron chi connectivity index (χ0n) is 11.5. The lowest BCUT2D eigenvalue weighted by Crippen LogP contribution is -2.19. The first-order valence-electron chi connectivity index (χ1n) is 6.06. The van der Waals surface area contributed by atoms with Gasteiger partial charge >= 0.3 is 6.18 Å². The number of anilines is 2. The molecule has 0 fully saturated rings. The Labute approximate surface area is 118 Å². The van der Waals surface area contributed by atoms with Gasteiger partial charge in [-0.1, -0.05) is 0 Å². The summed E-state index contributed by atoms with van der Waals surface area (Å²) in [6.07, 6.45) is -2.23. The number of hydrogen-bond acceptors (Lipinski definition) is 4. The molecule has 0 bridgehead atoms. The summed E-state index contributed by atoms with van der Waals surface area (Å²) in [5.74, 6) is 0.790. The summed E-state index contributed by atoms with van der Waals surface area (Å²) in [5.41, 5.74) is -0.759. The molecule has 20 heavy (non-hydrogen) atoms. The predicted molar refractivity (Wildman–Crippen MR) is 75.4 cm³/mol. The van der Waals surface area contributed by atoms with Crippen LogP contribution in [0.1, 0.15) is 18.9 Å². The van der Waals surface area contributed by atoms with Crippen LogP contribution < -0.4 is 10.6 Å². The van der Waals surface area contributed by atoms with E-state index in [1.165, 1.54) is 7.05 Å². The van der Waals surface area contributed by atoms with Crippen molar-refractivity contribution >= 4 is 22.4 Å². The van der Waals surface area contributed by atoms with Crippen LogP contribution in [0.4, 0.5) is 24.8 Å². The van der Waals surface area contributed by atoms with E-state index in [2.05, 4.69) is 15.6 Å². The average Bonchev–Trinajstić information content (AvgIpc) is 2.34. The fraction of sp³-hybridized carbons (Fsp3) is 0.583. The first kappa shape index (κ1) is 16.7. The molecular weight excluding hydrogens is 291 g/mol. The van der Waals surface area contributed by atoms with E-state index in [-0.39, 0.29) is 17.7 Å². The van der Waals surface area contributed by atoms with Crippen molar-refractivity contribution in [2.45, 2.75) is 25.6 Å². The first-order chi connectivity index (χ1) is 9.22. The van der Waals surface area contributed by atoms with Crippen LogP contribution in [-0.4, -0.2) is 34.3 Å². The van der Waals surface area contributed by atoms with Gasteiger partial charge in [-0.25, -0.2) is 4.98 Å². The van der Waals surface area contributed by atoms with Gasteiger partial charge in [0, 0.05) is 35.9 Å². The van der Waals surface area contributed by atoms with Gasteiger partial charge in [-0.2, -0.15) is 13.2 Å². The monoisotopic (exact) mass is 309 g/mol. The SMILES string of the molecule is CNc1cc(C(F)(F)F)cc(NC(C)CCS(C)=O)n1. The van der Waals surface area contributed by atoms with Gasteiger partial charge in [0.15, 0.2) is 0 Å². The van der Waals surface area contributed by atoms with Gasteiger partial charge in [0.05, 0.1) is 5.56 Å². The van der Waals surface area contributed by atoms with Crippen LogP contribution in [0.2, 0.25) is 0 Å². The van der Waals surface area contributed by atoms with E-state index >= 15 is 0 Å². The molecule has 0 aliphatic rings. The molecule has 0 aromatic carbocycles. The molecule has 0 saturated carbocycles. The molecule has 1 aromatic rings. The lowest BCUT2D eigenvalue weighted by Gasteiger charge is -2.16. The van der Waals surface area contributed by atoms with E-state index in [1.54, 1.807) is 6.26 Å². The summed E-state index contributed by atoms with van der Waals surface area (Å²) in [6, 6.07) is 1.82. The molecule has 1 heterocycles. The second kappa shape index (κ2) is 6.92. The molecule has 2 N–H and O–H groups in total. The molecule has 0 radical (unpaired) electrons. The summed E-state index contributed by atoms with van der Waals surface area (Å²) < 4.78 is 49.3. The number of aromatic nitrogens is 1. The largest absolute Gasteiger partial charge is 0.416 e. The minimum Gasteiger partial charge on any atom is -0.373 e. The average molecular weight is 309 g/mol. The third-order valence-corrected chi connectivity index (χ3v) is 3.45. The summed E-state index contributed by atoms with van der Waals surface area (Å²) in [4.78, 5) is 4.03. The van der Waals surface area contributed by atoms with Crippen LogP contribution in [0, 0.1) is 0 Å². The Bertz CT molecular complexity index is 480. The van der Waals surface area contributed by atoms with Crippen molar-refractivity contribution in [1.29, 1.82) is 0 Å². The summed E-state index contributed by atoms with van der Waals surface area (Å²) in [5, 5.41) is 5.50. The van der Waals surface area contributed by atoms with Crippen LogP contribution in [0.3, 0.4) is 0 Å². The van der Waals surface area contributed by atoms with Crippen molar-refractivity contribution < 1.29 is 17.4 Å². The van der Waals surface area contributed by atoms with E-state index in [4.69, 9.17) is 0 Å². The number of pyridine rings is 1. The van der Waals surface area contributed by atoms with Crippen molar-refractivity contribution in [1.82, 2.24) is 4.98 Å².